The predicted molar refractivity (Wildman–Crippen MR) is 84.5 cm³/mol. The molecule has 0 saturated heterocycles. The van der Waals surface area contributed by atoms with Crippen molar-refractivity contribution in [3.63, 3.8) is 0 Å². The Morgan fingerprint density at radius 1 is 1.35 bits per heavy atom. The fourth-order valence-corrected chi connectivity index (χ4v) is 2.22. The fraction of sp³-hybridized carbons (Fsp3) is 0.0714. The van der Waals surface area contributed by atoms with E-state index in [1.165, 1.54) is 0 Å². The Morgan fingerprint density at radius 3 is 2.80 bits per heavy atom. The summed E-state index contributed by atoms with van der Waals surface area (Å²) in [4.78, 5) is 12.2. The van der Waals surface area contributed by atoms with Crippen LogP contribution < -0.4 is 15.8 Å². The zero-order valence-corrected chi connectivity index (χ0v) is 13.0. The van der Waals surface area contributed by atoms with Gasteiger partial charge >= 0.3 is 0 Å². The summed E-state index contributed by atoms with van der Waals surface area (Å²) in [5.41, 5.74) is 7.12. The maximum absolute atomic E-state index is 12.2. The first-order chi connectivity index (χ1) is 9.52. The second-order valence-electron chi connectivity index (χ2n) is 4.01. The molecule has 2 aromatic carbocycles. The lowest BCUT2D eigenvalue weighted by Gasteiger charge is -2.11. The van der Waals surface area contributed by atoms with Gasteiger partial charge in [-0.2, -0.15) is 0 Å². The Kier molecular flexibility index (Phi) is 4.52. The van der Waals surface area contributed by atoms with E-state index in [0.29, 0.717) is 32.2 Å². The molecule has 20 heavy (non-hydrogen) atoms. The lowest BCUT2D eigenvalue weighted by Crippen LogP contribution is -2.14. The third kappa shape index (κ3) is 3.05. The summed E-state index contributed by atoms with van der Waals surface area (Å²) in [5, 5.41) is 3.07. The van der Waals surface area contributed by atoms with Crippen molar-refractivity contribution in [1.29, 1.82) is 0 Å². The van der Waals surface area contributed by atoms with Crippen LogP contribution in [0.4, 0.5) is 11.4 Å². The number of carbonyl (C=O) groups excluding carboxylic acids is 1. The summed E-state index contributed by atoms with van der Waals surface area (Å²) in [6, 6.07) is 10.2. The highest BCUT2D eigenvalue weighted by Gasteiger charge is 2.14. The highest BCUT2D eigenvalue weighted by atomic mass is 79.9. The normalized spacial score (nSPS) is 10.2. The molecule has 0 aliphatic rings. The number of benzene rings is 2. The van der Waals surface area contributed by atoms with E-state index in [1.807, 2.05) is 0 Å². The van der Waals surface area contributed by atoms with Gasteiger partial charge in [0, 0.05) is 10.5 Å². The maximum atomic E-state index is 12.2. The predicted octanol–water partition coefficient (Wildman–Crippen LogP) is 3.95. The standard InChI is InChI=1S/C14H12BrClN2O2/c1-20-8-5-6-11(17)12(7-8)18-14(19)9-3-2-4-10(15)13(9)16/h2-7H,17H2,1H3,(H,18,19). The Balaban J connectivity index is 2.30. The van der Waals surface area contributed by atoms with Crippen molar-refractivity contribution >= 4 is 44.8 Å². The van der Waals surface area contributed by atoms with Crippen LogP contribution in [0.3, 0.4) is 0 Å². The number of carbonyl (C=O) groups is 1. The Morgan fingerprint density at radius 2 is 2.10 bits per heavy atom. The first kappa shape index (κ1) is 14.7. The van der Waals surface area contributed by atoms with Gasteiger partial charge in [0.1, 0.15) is 5.75 Å². The summed E-state index contributed by atoms with van der Waals surface area (Å²) >= 11 is 9.37. The Bertz CT molecular complexity index is 662. The Labute approximate surface area is 130 Å². The van der Waals surface area contributed by atoms with Crippen LogP contribution in [0.1, 0.15) is 10.4 Å². The average molecular weight is 356 g/mol. The topological polar surface area (TPSA) is 64.3 Å². The van der Waals surface area contributed by atoms with Gasteiger partial charge in [-0.1, -0.05) is 17.7 Å². The number of rotatable bonds is 3. The van der Waals surface area contributed by atoms with Crippen molar-refractivity contribution in [3.8, 4) is 5.75 Å². The van der Waals surface area contributed by atoms with E-state index in [-0.39, 0.29) is 5.91 Å². The number of halogens is 2. The van der Waals surface area contributed by atoms with Crippen LogP contribution in [0.2, 0.25) is 5.02 Å². The summed E-state index contributed by atoms with van der Waals surface area (Å²) in [5.74, 6) is 0.270. The van der Waals surface area contributed by atoms with Crippen molar-refractivity contribution in [2.75, 3.05) is 18.2 Å². The SMILES string of the molecule is COc1ccc(N)c(NC(=O)c2cccc(Br)c2Cl)c1. The number of anilines is 2. The molecule has 0 aromatic heterocycles. The lowest BCUT2D eigenvalue weighted by atomic mass is 10.2. The molecule has 2 aromatic rings. The van der Waals surface area contributed by atoms with Gasteiger partial charge in [-0.25, -0.2) is 0 Å². The molecule has 2 rings (SSSR count). The molecular weight excluding hydrogens is 344 g/mol. The third-order valence-corrected chi connectivity index (χ3v) is 4.00. The first-order valence-corrected chi connectivity index (χ1v) is 6.89. The summed E-state index contributed by atoms with van der Waals surface area (Å²) < 4.78 is 5.76. The molecule has 0 atom stereocenters. The highest BCUT2D eigenvalue weighted by Crippen LogP contribution is 2.28. The summed E-state index contributed by atoms with van der Waals surface area (Å²) in [6.07, 6.45) is 0. The zero-order chi connectivity index (χ0) is 14.7. The molecular formula is C14H12BrClN2O2. The first-order valence-electron chi connectivity index (χ1n) is 5.72. The van der Waals surface area contributed by atoms with Crippen LogP contribution in [-0.2, 0) is 0 Å². The van der Waals surface area contributed by atoms with Gasteiger partial charge in [0.2, 0.25) is 0 Å². The van der Waals surface area contributed by atoms with Crippen LogP contribution in [0, 0.1) is 0 Å². The number of hydrogen-bond donors (Lipinski definition) is 2. The smallest absolute Gasteiger partial charge is 0.257 e. The van der Waals surface area contributed by atoms with E-state index in [1.54, 1.807) is 43.5 Å². The van der Waals surface area contributed by atoms with Crippen LogP contribution >= 0.6 is 27.5 Å². The molecule has 0 saturated carbocycles. The van der Waals surface area contributed by atoms with E-state index >= 15 is 0 Å². The van der Waals surface area contributed by atoms with Gasteiger partial charge in [-0.15, -0.1) is 0 Å². The Hall–Kier alpha value is -1.72. The van der Waals surface area contributed by atoms with Crippen LogP contribution in [0.15, 0.2) is 40.9 Å². The molecule has 4 nitrogen and oxygen atoms in total. The molecule has 0 spiro atoms. The van der Waals surface area contributed by atoms with E-state index in [0.717, 1.165) is 0 Å². The largest absolute Gasteiger partial charge is 0.497 e. The van der Waals surface area contributed by atoms with Crippen molar-refractivity contribution in [2.45, 2.75) is 0 Å². The molecule has 0 aliphatic carbocycles. The van der Waals surface area contributed by atoms with Crippen LogP contribution in [-0.4, -0.2) is 13.0 Å². The second kappa shape index (κ2) is 6.15. The molecule has 0 radical (unpaired) electrons. The minimum absolute atomic E-state index is 0.337. The van der Waals surface area contributed by atoms with Crippen LogP contribution in [0.5, 0.6) is 5.75 Å². The number of amides is 1. The second-order valence-corrected chi connectivity index (χ2v) is 5.24. The lowest BCUT2D eigenvalue weighted by molar-refractivity contribution is 0.102. The number of methoxy groups -OCH3 is 1. The molecule has 0 heterocycles. The van der Waals surface area contributed by atoms with E-state index in [4.69, 9.17) is 22.1 Å². The van der Waals surface area contributed by atoms with Gasteiger partial charge in [-0.05, 0) is 40.2 Å². The van der Waals surface area contributed by atoms with E-state index < -0.39 is 0 Å². The minimum atomic E-state index is -0.337. The van der Waals surface area contributed by atoms with E-state index in [9.17, 15) is 4.79 Å². The maximum Gasteiger partial charge on any atom is 0.257 e. The monoisotopic (exact) mass is 354 g/mol. The highest BCUT2D eigenvalue weighted by molar-refractivity contribution is 9.10. The van der Waals surface area contributed by atoms with Gasteiger partial charge in [-0.3, -0.25) is 4.79 Å². The van der Waals surface area contributed by atoms with Gasteiger partial charge in [0.25, 0.3) is 5.91 Å². The number of ether oxygens (including phenoxy) is 1. The number of hydrogen-bond acceptors (Lipinski definition) is 3. The average Bonchev–Trinajstić information content (AvgIpc) is 2.44. The van der Waals surface area contributed by atoms with Gasteiger partial charge in [0.05, 0.1) is 29.1 Å². The number of nitrogen functional groups attached to an aromatic ring is 1. The molecule has 0 unspecified atom stereocenters. The van der Waals surface area contributed by atoms with Gasteiger partial charge in [0.15, 0.2) is 0 Å². The molecule has 0 fully saturated rings. The molecule has 1 amide bonds. The number of nitrogens with one attached hydrogen (secondary N) is 1. The van der Waals surface area contributed by atoms with Gasteiger partial charge < -0.3 is 15.8 Å². The van der Waals surface area contributed by atoms with Crippen molar-refractivity contribution in [1.82, 2.24) is 0 Å². The molecule has 104 valence electrons. The number of nitrogens with two attached hydrogens (primary N) is 1. The van der Waals surface area contributed by atoms with Crippen molar-refractivity contribution < 1.29 is 9.53 Å². The van der Waals surface area contributed by atoms with Crippen molar-refractivity contribution in [2.24, 2.45) is 0 Å². The summed E-state index contributed by atoms with van der Waals surface area (Å²) in [7, 11) is 1.54. The molecule has 0 bridgehead atoms. The molecule has 6 heteroatoms. The fourth-order valence-electron chi connectivity index (χ4n) is 1.64. The zero-order valence-electron chi connectivity index (χ0n) is 10.6. The molecule has 0 aliphatic heterocycles. The summed E-state index contributed by atoms with van der Waals surface area (Å²) in [6.45, 7) is 0. The third-order valence-electron chi connectivity index (χ3n) is 2.70. The molecule has 3 N–H and O–H groups in total. The minimum Gasteiger partial charge on any atom is -0.497 e. The van der Waals surface area contributed by atoms with Crippen molar-refractivity contribution in [3.05, 3.63) is 51.5 Å². The quantitative estimate of drug-likeness (QED) is 0.820. The van der Waals surface area contributed by atoms with Crippen LogP contribution in [0.25, 0.3) is 0 Å². The van der Waals surface area contributed by atoms with E-state index in [2.05, 4.69) is 21.2 Å².